The molecule has 0 unspecified atom stereocenters. The van der Waals surface area contributed by atoms with Gasteiger partial charge in [-0.2, -0.15) is 0 Å². The van der Waals surface area contributed by atoms with Gasteiger partial charge in [-0.05, 0) is 42.3 Å². The minimum Gasteiger partial charge on any atom is -0.508 e. The third kappa shape index (κ3) is 4.88. The van der Waals surface area contributed by atoms with Gasteiger partial charge >= 0.3 is 0 Å². The Morgan fingerprint density at radius 3 is 2.71 bits per heavy atom. The number of phenolic OH excluding ortho intramolecular Hbond substituents is 1. The van der Waals surface area contributed by atoms with Crippen molar-refractivity contribution in [2.45, 2.75) is 6.92 Å². The molecule has 7 heteroatoms. The summed E-state index contributed by atoms with van der Waals surface area (Å²) in [5.74, 6) is -0.516. The van der Waals surface area contributed by atoms with E-state index in [0.29, 0.717) is 14.9 Å². The first-order valence-electron chi connectivity index (χ1n) is 8.50. The molecule has 0 atom stereocenters. The molecule has 142 valence electrons. The van der Waals surface area contributed by atoms with Crippen LogP contribution in [0.25, 0.3) is 6.08 Å². The normalized spacial score (nSPS) is 15.6. The molecule has 2 aromatic rings. The highest BCUT2D eigenvalue weighted by atomic mass is 32.2. The molecule has 1 heterocycles. The number of rotatable bonds is 5. The molecule has 0 bridgehead atoms. The Morgan fingerprint density at radius 2 is 2.00 bits per heavy atom. The highest BCUT2D eigenvalue weighted by Gasteiger charge is 2.33. The highest BCUT2D eigenvalue weighted by Crippen LogP contribution is 2.31. The lowest BCUT2D eigenvalue weighted by Gasteiger charge is -2.15. The summed E-state index contributed by atoms with van der Waals surface area (Å²) < 4.78 is 0.349. The number of nitrogens with one attached hydrogen (secondary N) is 1. The number of phenols is 1. The predicted octanol–water partition coefficient (Wildman–Crippen LogP) is 4.10. The number of benzene rings is 2. The van der Waals surface area contributed by atoms with E-state index < -0.39 is 0 Å². The van der Waals surface area contributed by atoms with Crippen molar-refractivity contribution in [1.29, 1.82) is 0 Å². The van der Waals surface area contributed by atoms with Crippen LogP contribution in [0, 0.1) is 6.92 Å². The molecule has 2 amide bonds. The molecule has 0 aliphatic carbocycles. The maximum absolute atomic E-state index is 12.6. The predicted molar refractivity (Wildman–Crippen MR) is 117 cm³/mol. The van der Waals surface area contributed by atoms with Crippen molar-refractivity contribution in [2.24, 2.45) is 0 Å². The zero-order valence-corrected chi connectivity index (χ0v) is 16.7. The van der Waals surface area contributed by atoms with E-state index >= 15 is 0 Å². The van der Waals surface area contributed by atoms with Crippen molar-refractivity contribution < 1.29 is 14.7 Å². The van der Waals surface area contributed by atoms with E-state index in [1.54, 1.807) is 31.2 Å². The molecule has 0 aromatic heterocycles. The maximum atomic E-state index is 12.6. The Morgan fingerprint density at radius 1 is 1.25 bits per heavy atom. The third-order valence-corrected chi connectivity index (χ3v) is 5.39. The molecule has 3 rings (SSSR count). The van der Waals surface area contributed by atoms with Gasteiger partial charge in [0, 0.05) is 5.69 Å². The van der Waals surface area contributed by atoms with E-state index in [1.165, 1.54) is 22.7 Å². The van der Waals surface area contributed by atoms with E-state index in [2.05, 4.69) is 5.32 Å². The van der Waals surface area contributed by atoms with Crippen LogP contribution in [0.3, 0.4) is 0 Å². The molecular weight excluding hydrogens is 392 g/mol. The zero-order valence-electron chi connectivity index (χ0n) is 15.1. The minimum atomic E-state index is -0.355. The van der Waals surface area contributed by atoms with Crippen LogP contribution in [0.1, 0.15) is 11.1 Å². The van der Waals surface area contributed by atoms with Crippen LogP contribution in [0.5, 0.6) is 5.75 Å². The van der Waals surface area contributed by atoms with Gasteiger partial charge in [0.2, 0.25) is 5.91 Å². The van der Waals surface area contributed by atoms with Crippen LogP contribution in [0.2, 0.25) is 0 Å². The molecule has 0 spiro atoms. The molecule has 28 heavy (non-hydrogen) atoms. The van der Waals surface area contributed by atoms with E-state index in [-0.39, 0.29) is 24.1 Å². The van der Waals surface area contributed by atoms with E-state index in [9.17, 15) is 14.7 Å². The van der Waals surface area contributed by atoms with Gasteiger partial charge < -0.3 is 10.4 Å². The second-order valence-corrected chi connectivity index (χ2v) is 7.78. The molecule has 2 N–H and O–H groups in total. The fraction of sp³-hybridized carbons (Fsp3) is 0.0952. The second kappa shape index (κ2) is 8.86. The van der Waals surface area contributed by atoms with Crippen LogP contribution in [-0.4, -0.2) is 32.7 Å². The summed E-state index contributed by atoms with van der Waals surface area (Å²) in [6.45, 7) is 1.61. The summed E-state index contributed by atoms with van der Waals surface area (Å²) in [5, 5.41) is 12.2. The number of carbonyl (C=O) groups is 2. The van der Waals surface area contributed by atoms with Crippen molar-refractivity contribution in [3.8, 4) is 5.75 Å². The zero-order chi connectivity index (χ0) is 20.1. The molecule has 1 aliphatic rings. The van der Waals surface area contributed by atoms with Gasteiger partial charge in [0.05, 0.1) is 4.91 Å². The van der Waals surface area contributed by atoms with Crippen molar-refractivity contribution in [2.75, 3.05) is 11.9 Å². The van der Waals surface area contributed by atoms with Crippen molar-refractivity contribution in [3.63, 3.8) is 0 Å². The lowest BCUT2D eigenvalue weighted by atomic mass is 10.2. The standard InChI is InChI=1S/C21H18N2O3S2/c1-14-12-16(24)10-11-17(14)22-19(25)13-23-20(26)18(28-21(23)27)9-5-8-15-6-3-2-4-7-15/h2-12,24H,13H2,1H3,(H,22,25)/b8-5+,18-9-. The van der Waals surface area contributed by atoms with Crippen molar-refractivity contribution in [1.82, 2.24) is 4.90 Å². The minimum absolute atomic E-state index is 0.126. The number of hydrogen-bond acceptors (Lipinski definition) is 5. The number of thioether (sulfide) groups is 1. The van der Waals surface area contributed by atoms with Crippen molar-refractivity contribution in [3.05, 3.63) is 76.7 Å². The molecule has 0 radical (unpaired) electrons. The van der Waals surface area contributed by atoms with E-state index in [4.69, 9.17) is 12.2 Å². The lowest BCUT2D eigenvalue weighted by molar-refractivity contribution is -0.126. The SMILES string of the molecule is Cc1cc(O)ccc1NC(=O)CN1C(=O)/C(=C/C=C/c2ccccc2)SC1=S. The van der Waals surface area contributed by atoms with E-state index in [1.807, 2.05) is 36.4 Å². The van der Waals surface area contributed by atoms with Gasteiger partial charge in [-0.25, -0.2) is 0 Å². The van der Waals surface area contributed by atoms with Crippen molar-refractivity contribution >= 4 is 51.9 Å². The van der Waals surface area contributed by atoms with Gasteiger partial charge in [-0.1, -0.05) is 66.5 Å². The summed E-state index contributed by atoms with van der Waals surface area (Å²) in [4.78, 5) is 26.7. The number of amides is 2. The van der Waals surface area contributed by atoms with Crippen LogP contribution in [0.4, 0.5) is 5.69 Å². The summed E-state index contributed by atoms with van der Waals surface area (Å²) in [6.07, 6.45) is 5.39. The number of nitrogens with zero attached hydrogens (tertiary/aromatic N) is 1. The van der Waals surface area contributed by atoms with Crippen LogP contribution in [0.15, 0.2) is 65.6 Å². The molecule has 1 saturated heterocycles. The monoisotopic (exact) mass is 410 g/mol. The summed E-state index contributed by atoms with van der Waals surface area (Å²) in [6, 6.07) is 14.4. The average molecular weight is 411 g/mol. The summed E-state index contributed by atoms with van der Waals surface area (Å²) in [5.41, 5.74) is 2.33. The number of aromatic hydroxyl groups is 1. The van der Waals surface area contributed by atoms with Crippen LogP contribution >= 0.6 is 24.0 Å². The van der Waals surface area contributed by atoms with Gasteiger partial charge in [0.25, 0.3) is 5.91 Å². The van der Waals surface area contributed by atoms with E-state index in [0.717, 1.165) is 11.1 Å². The maximum Gasteiger partial charge on any atom is 0.266 e. The molecular formula is C21H18N2O3S2. The molecule has 2 aromatic carbocycles. The second-order valence-electron chi connectivity index (χ2n) is 6.11. The highest BCUT2D eigenvalue weighted by molar-refractivity contribution is 8.26. The topological polar surface area (TPSA) is 69.6 Å². The third-order valence-electron chi connectivity index (χ3n) is 4.00. The van der Waals surface area contributed by atoms with Crippen LogP contribution in [-0.2, 0) is 9.59 Å². The Hall–Kier alpha value is -2.90. The van der Waals surface area contributed by atoms with Crippen LogP contribution < -0.4 is 5.32 Å². The van der Waals surface area contributed by atoms with Gasteiger partial charge in [-0.3, -0.25) is 14.5 Å². The Balaban J connectivity index is 1.64. The first-order chi connectivity index (χ1) is 13.4. The number of allylic oxidation sites excluding steroid dienone is 2. The number of thiocarbonyl (C=S) groups is 1. The Bertz CT molecular complexity index is 984. The van der Waals surface area contributed by atoms with Gasteiger partial charge in [0.15, 0.2) is 0 Å². The quantitative estimate of drug-likeness (QED) is 0.441. The molecule has 0 saturated carbocycles. The first-order valence-corrected chi connectivity index (χ1v) is 9.73. The molecule has 1 aliphatic heterocycles. The molecule has 1 fully saturated rings. The number of aryl methyl sites for hydroxylation is 1. The Labute approximate surface area is 172 Å². The summed E-state index contributed by atoms with van der Waals surface area (Å²) in [7, 11) is 0. The fourth-order valence-electron chi connectivity index (χ4n) is 2.58. The average Bonchev–Trinajstić information content (AvgIpc) is 2.92. The number of anilines is 1. The summed E-state index contributed by atoms with van der Waals surface area (Å²) >= 11 is 6.43. The molecule has 5 nitrogen and oxygen atoms in total. The fourth-order valence-corrected chi connectivity index (χ4v) is 3.79. The van der Waals surface area contributed by atoms with Gasteiger partial charge in [-0.15, -0.1) is 0 Å². The number of hydrogen-bond donors (Lipinski definition) is 2. The number of carbonyl (C=O) groups excluding carboxylic acids is 2. The smallest absolute Gasteiger partial charge is 0.266 e. The Kier molecular flexibility index (Phi) is 6.28. The largest absolute Gasteiger partial charge is 0.508 e. The first kappa shape index (κ1) is 19.9. The lowest BCUT2D eigenvalue weighted by Crippen LogP contribution is -2.36. The van der Waals surface area contributed by atoms with Gasteiger partial charge in [0.1, 0.15) is 16.6 Å².